The summed E-state index contributed by atoms with van der Waals surface area (Å²) in [7, 11) is 0. The van der Waals surface area contributed by atoms with Gasteiger partial charge >= 0.3 is 0 Å². The third-order valence-corrected chi connectivity index (χ3v) is 5.78. The molecule has 154 valence electrons. The Balaban J connectivity index is 1.38. The number of morpholine rings is 1. The van der Waals surface area contributed by atoms with Crippen LogP contribution in [0.2, 0.25) is 0 Å². The van der Waals surface area contributed by atoms with E-state index in [-0.39, 0.29) is 17.6 Å². The van der Waals surface area contributed by atoms with Crippen molar-refractivity contribution in [3.8, 4) is 0 Å². The first-order chi connectivity index (χ1) is 14.2. The highest BCUT2D eigenvalue weighted by Crippen LogP contribution is 2.26. The van der Waals surface area contributed by atoms with Gasteiger partial charge in [0.1, 0.15) is 5.82 Å². The van der Waals surface area contributed by atoms with Crippen molar-refractivity contribution in [2.24, 2.45) is 0 Å². The Morgan fingerprint density at radius 3 is 2.69 bits per heavy atom. The fraction of sp³-hybridized carbons (Fsp3) is 0.478. The van der Waals surface area contributed by atoms with Crippen molar-refractivity contribution in [3.63, 3.8) is 0 Å². The van der Waals surface area contributed by atoms with Crippen molar-refractivity contribution in [3.05, 3.63) is 65.2 Å². The number of carbonyl (C=O) groups is 1. The molecule has 2 aliphatic heterocycles. The van der Waals surface area contributed by atoms with Gasteiger partial charge in [-0.15, -0.1) is 0 Å². The minimum absolute atomic E-state index is 0.207. The molecular formula is C23H28FN3O2. The number of amides is 1. The molecule has 0 saturated carbocycles. The summed E-state index contributed by atoms with van der Waals surface area (Å²) in [5, 5.41) is 0. The lowest BCUT2D eigenvalue weighted by molar-refractivity contribution is -0.134. The molecule has 0 unspecified atom stereocenters. The lowest BCUT2D eigenvalue weighted by atomic mass is 9.93. The molecule has 1 atom stereocenters. The van der Waals surface area contributed by atoms with Gasteiger partial charge in [0.05, 0.1) is 19.8 Å². The molecule has 4 rings (SSSR count). The summed E-state index contributed by atoms with van der Waals surface area (Å²) in [6.45, 7) is 5.12. The Kier molecular flexibility index (Phi) is 6.52. The maximum atomic E-state index is 13.1. The van der Waals surface area contributed by atoms with E-state index in [4.69, 9.17) is 9.72 Å². The third kappa shape index (κ3) is 5.40. The molecular weight excluding hydrogens is 369 g/mol. The lowest BCUT2D eigenvalue weighted by Gasteiger charge is -2.35. The van der Waals surface area contributed by atoms with E-state index in [9.17, 15) is 9.18 Å². The Bertz CT molecular complexity index is 821. The van der Waals surface area contributed by atoms with Gasteiger partial charge in [0.15, 0.2) is 0 Å². The van der Waals surface area contributed by atoms with Crippen LogP contribution >= 0.6 is 0 Å². The number of likely N-dealkylation sites (tertiary alicyclic amines) is 1. The molecule has 0 aliphatic carbocycles. The van der Waals surface area contributed by atoms with Crippen LogP contribution in [0, 0.1) is 5.82 Å². The van der Waals surface area contributed by atoms with E-state index in [0.29, 0.717) is 26.2 Å². The van der Waals surface area contributed by atoms with E-state index < -0.39 is 0 Å². The molecule has 2 aromatic rings. The first-order valence-corrected chi connectivity index (χ1v) is 10.5. The Hall–Kier alpha value is -2.31. The van der Waals surface area contributed by atoms with Crippen LogP contribution in [0.3, 0.4) is 0 Å². The Morgan fingerprint density at radius 1 is 1.10 bits per heavy atom. The van der Waals surface area contributed by atoms with Gasteiger partial charge in [-0.1, -0.05) is 18.2 Å². The molecule has 0 bridgehead atoms. The Morgan fingerprint density at radius 2 is 1.90 bits per heavy atom. The average molecular weight is 397 g/mol. The molecule has 2 aliphatic rings. The molecule has 1 amide bonds. The first kappa shape index (κ1) is 20.0. The van der Waals surface area contributed by atoms with Crippen molar-refractivity contribution < 1.29 is 13.9 Å². The molecule has 5 nitrogen and oxygen atoms in total. The summed E-state index contributed by atoms with van der Waals surface area (Å²) in [6, 6.07) is 12.7. The molecule has 2 saturated heterocycles. The van der Waals surface area contributed by atoms with Crippen LogP contribution in [0.1, 0.15) is 35.7 Å². The summed E-state index contributed by atoms with van der Waals surface area (Å²) < 4.78 is 18.5. The van der Waals surface area contributed by atoms with Gasteiger partial charge in [0, 0.05) is 49.9 Å². The predicted octanol–water partition coefficient (Wildman–Crippen LogP) is 2.85. The molecule has 1 aromatic carbocycles. The number of nitrogens with zero attached hydrogens (tertiary/aromatic N) is 3. The van der Waals surface area contributed by atoms with Gasteiger partial charge in [0.25, 0.3) is 0 Å². The minimum atomic E-state index is -0.223. The SMILES string of the molecule is O=C(CN1CCOCC1)N1CCC[C@@H](c2cccc(Cc3ccc(F)cc3)n2)C1. The number of pyridine rings is 1. The highest BCUT2D eigenvalue weighted by atomic mass is 19.1. The third-order valence-electron chi connectivity index (χ3n) is 5.78. The standard InChI is InChI=1S/C23H28FN3O2/c24-20-8-6-18(7-9-20)15-21-4-1-5-22(25-21)19-3-2-10-27(16-19)23(28)17-26-11-13-29-14-12-26/h1,4-9,19H,2-3,10-17H2/t19-/m1/s1. The second-order valence-corrected chi connectivity index (χ2v) is 7.92. The highest BCUT2D eigenvalue weighted by Gasteiger charge is 2.27. The highest BCUT2D eigenvalue weighted by molar-refractivity contribution is 5.78. The number of hydrogen-bond donors (Lipinski definition) is 0. The van der Waals surface area contributed by atoms with Crippen LogP contribution < -0.4 is 0 Å². The van der Waals surface area contributed by atoms with Crippen molar-refractivity contribution in [1.82, 2.24) is 14.8 Å². The number of hydrogen-bond acceptors (Lipinski definition) is 4. The molecule has 29 heavy (non-hydrogen) atoms. The maximum absolute atomic E-state index is 13.1. The van der Waals surface area contributed by atoms with E-state index in [2.05, 4.69) is 11.0 Å². The van der Waals surface area contributed by atoms with Gasteiger partial charge in [-0.05, 0) is 42.7 Å². The summed E-state index contributed by atoms with van der Waals surface area (Å²) in [4.78, 5) is 21.8. The zero-order valence-electron chi connectivity index (χ0n) is 16.7. The first-order valence-electron chi connectivity index (χ1n) is 10.5. The van der Waals surface area contributed by atoms with Gasteiger partial charge in [0.2, 0.25) is 5.91 Å². The number of carbonyl (C=O) groups excluding carboxylic acids is 1. The van der Waals surface area contributed by atoms with Crippen molar-refractivity contribution in [2.45, 2.75) is 25.2 Å². The smallest absolute Gasteiger partial charge is 0.236 e. The molecule has 1 aromatic heterocycles. The fourth-order valence-electron chi connectivity index (χ4n) is 4.13. The van der Waals surface area contributed by atoms with E-state index >= 15 is 0 Å². The summed E-state index contributed by atoms with van der Waals surface area (Å²) >= 11 is 0. The molecule has 2 fully saturated rings. The topological polar surface area (TPSA) is 45.7 Å². The Labute approximate surface area is 171 Å². The van der Waals surface area contributed by atoms with Gasteiger partial charge in [-0.25, -0.2) is 4.39 Å². The minimum Gasteiger partial charge on any atom is -0.379 e. The normalized spacial score (nSPS) is 20.6. The van der Waals surface area contributed by atoms with Crippen LogP contribution in [0.25, 0.3) is 0 Å². The second kappa shape index (κ2) is 9.46. The summed E-state index contributed by atoms with van der Waals surface area (Å²) in [6.07, 6.45) is 2.73. The zero-order chi connectivity index (χ0) is 20.1. The fourth-order valence-corrected chi connectivity index (χ4v) is 4.13. The summed E-state index contributed by atoms with van der Waals surface area (Å²) in [5.41, 5.74) is 3.07. The van der Waals surface area contributed by atoms with Crippen molar-refractivity contribution in [2.75, 3.05) is 45.9 Å². The van der Waals surface area contributed by atoms with Crippen LogP contribution in [0.4, 0.5) is 4.39 Å². The molecule has 0 N–H and O–H groups in total. The predicted molar refractivity (Wildman–Crippen MR) is 109 cm³/mol. The number of benzene rings is 1. The van der Waals surface area contributed by atoms with Gasteiger partial charge in [-0.3, -0.25) is 14.7 Å². The van der Waals surface area contributed by atoms with E-state index in [1.807, 2.05) is 17.0 Å². The number of aromatic nitrogens is 1. The zero-order valence-corrected chi connectivity index (χ0v) is 16.7. The van der Waals surface area contributed by atoms with Crippen LogP contribution in [-0.2, 0) is 16.0 Å². The molecule has 3 heterocycles. The largest absolute Gasteiger partial charge is 0.379 e. The summed E-state index contributed by atoms with van der Waals surface area (Å²) in [5.74, 6) is 0.254. The quantitative estimate of drug-likeness (QED) is 0.778. The van der Waals surface area contributed by atoms with Crippen LogP contribution in [-0.4, -0.2) is 66.6 Å². The maximum Gasteiger partial charge on any atom is 0.236 e. The average Bonchev–Trinajstić information content (AvgIpc) is 2.76. The lowest BCUT2D eigenvalue weighted by Crippen LogP contribution is -2.47. The van der Waals surface area contributed by atoms with Gasteiger partial charge in [-0.2, -0.15) is 0 Å². The number of halogens is 1. The monoisotopic (exact) mass is 397 g/mol. The number of piperidine rings is 1. The van der Waals surface area contributed by atoms with E-state index in [1.165, 1.54) is 12.1 Å². The van der Waals surface area contributed by atoms with Crippen LogP contribution in [0.5, 0.6) is 0 Å². The molecule has 6 heteroatoms. The van der Waals surface area contributed by atoms with Crippen molar-refractivity contribution >= 4 is 5.91 Å². The van der Waals surface area contributed by atoms with Crippen molar-refractivity contribution in [1.29, 1.82) is 0 Å². The van der Waals surface area contributed by atoms with E-state index in [0.717, 1.165) is 56.0 Å². The van der Waals surface area contributed by atoms with Gasteiger partial charge < -0.3 is 9.64 Å². The van der Waals surface area contributed by atoms with E-state index in [1.54, 1.807) is 12.1 Å². The molecule has 0 spiro atoms. The second-order valence-electron chi connectivity index (χ2n) is 7.92. The number of ether oxygens (including phenoxy) is 1. The molecule has 0 radical (unpaired) electrons. The van der Waals surface area contributed by atoms with Crippen LogP contribution in [0.15, 0.2) is 42.5 Å². The number of rotatable bonds is 5.